The van der Waals surface area contributed by atoms with Crippen molar-refractivity contribution < 1.29 is 18.8 Å². The second-order valence-electron chi connectivity index (χ2n) is 8.73. The highest BCUT2D eigenvalue weighted by molar-refractivity contribution is 6.37. The standard InChI is InChI=1S/C25H20Cl2FN3O4/c1-13-21(23(31(33)34)25(30-13)17-7-2-3-8-20(17)29-24(25)32)15-10-18(26)22(19(27)11-15)35-12-14-5-4-6-16(28)9-14/h2-11,13,21,23,30H,12H2,1H3,(H,29,32)/t13-,21+,23+,25-/m0/s1. The van der Waals surface area contributed by atoms with Gasteiger partial charge in [-0.1, -0.05) is 53.5 Å². The van der Waals surface area contributed by atoms with E-state index in [4.69, 9.17) is 27.9 Å². The molecule has 1 spiro atoms. The van der Waals surface area contributed by atoms with Crippen LogP contribution < -0.4 is 15.4 Å². The minimum atomic E-state index is -1.53. The first-order valence-corrected chi connectivity index (χ1v) is 11.7. The minimum absolute atomic E-state index is 0.0372. The molecular formula is C25H20Cl2FN3O4. The molecule has 2 aliphatic heterocycles. The fraction of sp³-hybridized carbons (Fsp3) is 0.240. The fourth-order valence-electron chi connectivity index (χ4n) is 5.25. The number of anilines is 1. The molecule has 35 heavy (non-hydrogen) atoms. The Labute approximate surface area is 210 Å². The molecular weight excluding hydrogens is 496 g/mol. The third-order valence-corrected chi connectivity index (χ3v) is 7.20. The molecule has 0 bridgehead atoms. The molecule has 2 N–H and O–H groups in total. The van der Waals surface area contributed by atoms with E-state index < -0.39 is 40.2 Å². The second kappa shape index (κ2) is 8.78. The first-order valence-electron chi connectivity index (χ1n) is 10.9. The van der Waals surface area contributed by atoms with E-state index in [1.807, 2.05) is 0 Å². The summed E-state index contributed by atoms with van der Waals surface area (Å²) in [6.45, 7) is 1.83. The second-order valence-corrected chi connectivity index (χ2v) is 9.54. The van der Waals surface area contributed by atoms with E-state index in [0.29, 0.717) is 22.4 Å². The Balaban J connectivity index is 1.51. The number of carbonyl (C=O) groups is 1. The van der Waals surface area contributed by atoms with Gasteiger partial charge in [0.05, 0.1) is 16.0 Å². The van der Waals surface area contributed by atoms with Crippen LogP contribution in [0.25, 0.3) is 0 Å². The van der Waals surface area contributed by atoms with Crippen molar-refractivity contribution in [2.75, 3.05) is 5.32 Å². The number of rotatable bonds is 5. The molecule has 0 aromatic heterocycles. The molecule has 0 unspecified atom stereocenters. The number of benzene rings is 3. The van der Waals surface area contributed by atoms with Gasteiger partial charge in [-0.05, 0) is 48.4 Å². The summed E-state index contributed by atoms with van der Waals surface area (Å²) in [5.41, 5.74) is 0.649. The Morgan fingerprint density at radius 2 is 1.83 bits per heavy atom. The Morgan fingerprint density at radius 1 is 1.11 bits per heavy atom. The van der Waals surface area contributed by atoms with E-state index in [0.717, 1.165) is 0 Å². The van der Waals surface area contributed by atoms with E-state index in [2.05, 4.69) is 10.6 Å². The molecule has 5 rings (SSSR count). The summed E-state index contributed by atoms with van der Waals surface area (Å²) in [7, 11) is 0. The molecule has 2 aliphatic rings. The van der Waals surface area contributed by atoms with Gasteiger partial charge < -0.3 is 10.1 Å². The molecule has 0 radical (unpaired) electrons. The smallest absolute Gasteiger partial charge is 0.256 e. The lowest BCUT2D eigenvalue weighted by atomic mass is 9.78. The van der Waals surface area contributed by atoms with Crippen LogP contribution in [0.15, 0.2) is 60.7 Å². The Hall–Kier alpha value is -3.20. The van der Waals surface area contributed by atoms with Crippen LogP contribution in [0.3, 0.4) is 0 Å². The van der Waals surface area contributed by atoms with Gasteiger partial charge >= 0.3 is 0 Å². The predicted molar refractivity (Wildman–Crippen MR) is 130 cm³/mol. The molecule has 10 heteroatoms. The maximum atomic E-state index is 13.5. The van der Waals surface area contributed by atoms with Gasteiger partial charge in [-0.15, -0.1) is 0 Å². The van der Waals surface area contributed by atoms with Gasteiger partial charge in [-0.3, -0.25) is 20.2 Å². The molecule has 2 heterocycles. The van der Waals surface area contributed by atoms with Crippen molar-refractivity contribution in [2.45, 2.75) is 37.1 Å². The van der Waals surface area contributed by atoms with Crippen molar-refractivity contribution in [1.29, 1.82) is 0 Å². The summed E-state index contributed by atoms with van der Waals surface area (Å²) in [6, 6.07) is 14.3. The van der Waals surface area contributed by atoms with E-state index in [9.17, 15) is 19.3 Å². The SMILES string of the molecule is C[C@@H]1N[C@]2(C(=O)Nc3ccccc32)[C@H]([N+](=O)[O-])[C@H]1c1cc(Cl)c(OCc2cccc(F)c2)c(Cl)c1. The zero-order chi connectivity index (χ0) is 24.9. The molecule has 3 aromatic carbocycles. The summed E-state index contributed by atoms with van der Waals surface area (Å²) in [6.07, 6.45) is 0. The highest BCUT2D eigenvalue weighted by Gasteiger charge is 2.67. The van der Waals surface area contributed by atoms with Gasteiger partial charge in [0.2, 0.25) is 0 Å². The van der Waals surface area contributed by atoms with Crippen molar-refractivity contribution in [1.82, 2.24) is 5.32 Å². The van der Waals surface area contributed by atoms with Crippen LogP contribution >= 0.6 is 23.2 Å². The van der Waals surface area contributed by atoms with Crippen molar-refractivity contribution >= 4 is 34.8 Å². The number of para-hydroxylation sites is 1. The fourth-order valence-corrected chi connectivity index (χ4v) is 5.86. The summed E-state index contributed by atoms with van der Waals surface area (Å²) >= 11 is 13.0. The van der Waals surface area contributed by atoms with Gasteiger partial charge in [0.1, 0.15) is 12.4 Å². The van der Waals surface area contributed by atoms with Crippen LogP contribution in [0.4, 0.5) is 10.1 Å². The lowest BCUT2D eigenvalue weighted by Gasteiger charge is -2.25. The van der Waals surface area contributed by atoms with Crippen LogP contribution in [0.5, 0.6) is 5.75 Å². The normalized spacial score (nSPS) is 24.9. The summed E-state index contributed by atoms with van der Waals surface area (Å²) in [5.74, 6) is -1.38. The van der Waals surface area contributed by atoms with Crippen molar-refractivity contribution in [2.24, 2.45) is 0 Å². The number of ether oxygens (including phenoxy) is 1. The Kier molecular flexibility index (Phi) is 5.91. The number of hydrogen-bond donors (Lipinski definition) is 2. The van der Waals surface area contributed by atoms with Crippen molar-refractivity contribution in [3.05, 3.63) is 103 Å². The zero-order valence-corrected chi connectivity index (χ0v) is 19.9. The average molecular weight is 516 g/mol. The number of halogens is 3. The molecule has 4 atom stereocenters. The molecule has 1 saturated heterocycles. The Bertz CT molecular complexity index is 1330. The number of amides is 1. The van der Waals surface area contributed by atoms with Gasteiger partial charge in [0.25, 0.3) is 11.9 Å². The summed E-state index contributed by atoms with van der Waals surface area (Å²) in [4.78, 5) is 25.2. The van der Waals surface area contributed by atoms with Crippen LogP contribution in [-0.2, 0) is 16.9 Å². The van der Waals surface area contributed by atoms with Crippen molar-refractivity contribution in [3.63, 3.8) is 0 Å². The largest absolute Gasteiger partial charge is 0.486 e. The minimum Gasteiger partial charge on any atom is -0.486 e. The number of fused-ring (bicyclic) bond motifs is 2. The first-order chi connectivity index (χ1) is 16.7. The quantitative estimate of drug-likeness (QED) is 0.356. The predicted octanol–water partition coefficient (Wildman–Crippen LogP) is 5.28. The molecule has 0 aliphatic carbocycles. The highest BCUT2D eigenvalue weighted by Crippen LogP contribution is 2.50. The monoisotopic (exact) mass is 515 g/mol. The van der Waals surface area contributed by atoms with E-state index in [1.54, 1.807) is 55.5 Å². The van der Waals surface area contributed by atoms with E-state index in [1.165, 1.54) is 12.1 Å². The molecule has 0 saturated carbocycles. The van der Waals surface area contributed by atoms with Gasteiger partial charge in [-0.25, -0.2) is 4.39 Å². The van der Waals surface area contributed by atoms with Gasteiger partial charge in [-0.2, -0.15) is 0 Å². The highest BCUT2D eigenvalue weighted by atomic mass is 35.5. The molecule has 1 fully saturated rings. The Morgan fingerprint density at radius 3 is 2.51 bits per heavy atom. The first kappa shape index (κ1) is 23.5. The number of hydrogen-bond acceptors (Lipinski definition) is 5. The number of nitrogens with one attached hydrogen (secondary N) is 2. The summed E-state index contributed by atoms with van der Waals surface area (Å²) in [5, 5.41) is 18.7. The number of nitrogens with zero attached hydrogens (tertiary/aromatic N) is 1. The van der Waals surface area contributed by atoms with Crippen LogP contribution in [0.1, 0.15) is 29.5 Å². The average Bonchev–Trinajstić information content (AvgIpc) is 3.27. The molecule has 1 amide bonds. The van der Waals surface area contributed by atoms with E-state index >= 15 is 0 Å². The van der Waals surface area contributed by atoms with Crippen molar-refractivity contribution in [3.8, 4) is 5.75 Å². The number of carbonyl (C=O) groups excluding carboxylic acids is 1. The summed E-state index contributed by atoms with van der Waals surface area (Å²) < 4.78 is 19.2. The van der Waals surface area contributed by atoms with E-state index in [-0.39, 0.29) is 22.4 Å². The third kappa shape index (κ3) is 3.82. The lowest BCUT2D eigenvalue weighted by molar-refractivity contribution is -0.532. The zero-order valence-electron chi connectivity index (χ0n) is 18.4. The number of nitro groups is 1. The molecule has 180 valence electrons. The maximum absolute atomic E-state index is 13.5. The van der Waals surface area contributed by atoms with Crippen LogP contribution in [0.2, 0.25) is 10.0 Å². The third-order valence-electron chi connectivity index (χ3n) is 6.64. The lowest BCUT2D eigenvalue weighted by Crippen LogP contribution is -2.54. The topological polar surface area (TPSA) is 93.5 Å². The van der Waals surface area contributed by atoms with Crippen LogP contribution in [-0.4, -0.2) is 22.9 Å². The van der Waals surface area contributed by atoms with Gasteiger partial charge in [0.15, 0.2) is 11.3 Å². The maximum Gasteiger partial charge on any atom is 0.256 e. The van der Waals surface area contributed by atoms with Crippen LogP contribution in [0, 0.1) is 15.9 Å². The van der Waals surface area contributed by atoms with Gasteiger partial charge in [0, 0.05) is 22.2 Å². The molecule has 7 nitrogen and oxygen atoms in total. The molecule has 3 aromatic rings.